The van der Waals surface area contributed by atoms with Crippen LogP contribution in [0.1, 0.15) is 20.3 Å². The first-order valence-electron chi connectivity index (χ1n) is 7.60. The van der Waals surface area contributed by atoms with Crippen LogP contribution in [0.5, 0.6) is 0 Å². The highest BCUT2D eigenvalue weighted by molar-refractivity contribution is 5.87. The molecule has 0 radical (unpaired) electrons. The molecule has 2 rings (SSSR count). The zero-order valence-corrected chi connectivity index (χ0v) is 13.5. The van der Waals surface area contributed by atoms with Crippen molar-refractivity contribution in [2.75, 3.05) is 6.54 Å². The number of nitrogens with zero attached hydrogens (tertiary/aromatic N) is 4. The van der Waals surface area contributed by atoms with Crippen LogP contribution in [0.15, 0.2) is 24.3 Å². The van der Waals surface area contributed by atoms with Gasteiger partial charge in [-0.3, -0.25) is 9.59 Å². The number of nitrogens with one attached hydrogen (secondary N) is 2. The number of amides is 2. The molecule has 2 amide bonds. The fourth-order valence-electron chi connectivity index (χ4n) is 1.91. The number of benzene rings is 1. The zero-order valence-electron chi connectivity index (χ0n) is 13.5. The second-order valence-electron chi connectivity index (χ2n) is 5.23. The molecule has 0 spiro atoms. The molecular formula is C15H19FN6O2. The zero-order chi connectivity index (χ0) is 17.5. The van der Waals surface area contributed by atoms with Gasteiger partial charge in [-0.25, -0.2) is 4.39 Å². The Labute approximate surface area is 138 Å². The summed E-state index contributed by atoms with van der Waals surface area (Å²) in [6, 6.07) is 4.98. The summed E-state index contributed by atoms with van der Waals surface area (Å²) in [5.74, 6) is -0.724. The maximum absolute atomic E-state index is 12.9. The Bertz CT molecular complexity index is 700. The molecule has 0 aliphatic rings. The lowest BCUT2D eigenvalue weighted by atomic mass is 10.2. The van der Waals surface area contributed by atoms with Crippen LogP contribution < -0.4 is 10.6 Å². The maximum atomic E-state index is 12.9. The number of carbonyl (C=O) groups excluding carboxylic acids is 2. The lowest BCUT2D eigenvalue weighted by molar-refractivity contribution is -0.129. The quantitative estimate of drug-likeness (QED) is 0.768. The first-order chi connectivity index (χ1) is 11.5. The molecule has 1 aromatic carbocycles. The molecule has 0 bridgehead atoms. The van der Waals surface area contributed by atoms with E-state index >= 15 is 0 Å². The van der Waals surface area contributed by atoms with Gasteiger partial charge in [-0.05, 0) is 42.8 Å². The second-order valence-corrected chi connectivity index (χ2v) is 5.23. The van der Waals surface area contributed by atoms with Crippen molar-refractivity contribution in [3.05, 3.63) is 30.1 Å². The first-order valence-corrected chi connectivity index (χ1v) is 7.60. The van der Waals surface area contributed by atoms with E-state index in [1.807, 2.05) is 6.92 Å². The van der Waals surface area contributed by atoms with Gasteiger partial charge in [-0.1, -0.05) is 6.92 Å². The van der Waals surface area contributed by atoms with Gasteiger partial charge in [-0.2, -0.15) is 4.80 Å². The van der Waals surface area contributed by atoms with Crippen molar-refractivity contribution in [2.45, 2.75) is 32.9 Å². The third-order valence-corrected chi connectivity index (χ3v) is 3.16. The Hall–Kier alpha value is -2.84. The average molecular weight is 334 g/mol. The van der Waals surface area contributed by atoms with Crippen LogP contribution in [0.25, 0.3) is 11.4 Å². The lowest BCUT2D eigenvalue weighted by Crippen LogP contribution is -2.46. The summed E-state index contributed by atoms with van der Waals surface area (Å²) in [7, 11) is 0. The standard InChI is InChI=1S/C15H19FN6O2/c1-3-8-17-15(24)10(2)18-13(23)9-22-20-14(19-21-22)11-4-6-12(16)7-5-11/h4-7,10H,3,8-9H2,1-2H3,(H,17,24)(H,18,23)/t10-/m0/s1. The van der Waals surface area contributed by atoms with Crippen molar-refractivity contribution in [1.29, 1.82) is 0 Å². The highest BCUT2D eigenvalue weighted by atomic mass is 19.1. The van der Waals surface area contributed by atoms with Crippen LogP contribution in [0.4, 0.5) is 4.39 Å². The van der Waals surface area contributed by atoms with E-state index in [0.29, 0.717) is 12.1 Å². The van der Waals surface area contributed by atoms with Gasteiger partial charge in [0.1, 0.15) is 18.4 Å². The molecule has 0 saturated heterocycles. The molecule has 128 valence electrons. The predicted molar refractivity (Wildman–Crippen MR) is 84.1 cm³/mol. The van der Waals surface area contributed by atoms with E-state index in [1.54, 1.807) is 6.92 Å². The molecule has 2 aromatic rings. The van der Waals surface area contributed by atoms with Gasteiger partial charge in [0.2, 0.25) is 17.6 Å². The molecule has 1 aromatic heterocycles. The summed E-state index contributed by atoms with van der Waals surface area (Å²) in [6.07, 6.45) is 0.821. The maximum Gasteiger partial charge on any atom is 0.244 e. The number of halogens is 1. The van der Waals surface area contributed by atoms with Gasteiger partial charge in [0.05, 0.1) is 0 Å². The molecule has 0 unspecified atom stereocenters. The summed E-state index contributed by atoms with van der Waals surface area (Å²) < 4.78 is 12.9. The number of rotatable bonds is 7. The van der Waals surface area contributed by atoms with Crippen LogP contribution >= 0.6 is 0 Å². The van der Waals surface area contributed by atoms with E-state index < -0.39 is 11.9 Å². The summed E-state index contributed by atoms with van der Waals surface area (Å²) in [5, 5.41) is 16.9. The molecule has 2 N–H and O–H groups in total. The van der Waals surface area contributed by atoms with Crippen molar-refractivity contribution in [2.24, 2.45) is 0 Å². The molecule has 0 saturated carbocycles. The Balaban J connectivity index is 1.90. The van der Waals surface area contributed by atoms with Crippen LogP contribution in [0, 0.1) is 5.82 Å². The van der Waals surface area contributed by atoms with E-state index in [-0.39, 0.29) is 24.1 Å². The van der Waals surface area contributed by atoms with Crippen LogP contribution in [-0.4, -0.2) is 44.6 Å². The molecular weight excluding hydrogens is 315 g/mol. The smallest absolute Gasteiger partial charge is 0.244 e. The summed E-state index contributed by atoms with van der Waals surface area (Å²) in [6.45, 7) is 3.94. The van der Waals surface area contributed by atoms with Crippen molar-refractivity contribution >= 4 is 11.8 Å². The predicted octanol–water partition coefficient (Wildman–Crippen LogP) is 0.510. The van der Waals surface area contributed by atoms with Crippen molar-refractivity contribution in [3.8, 4) is 11.4 Å². The SMILES string of the molecule is CCCNC(=O)[C@H](C)NC(=O)Cn1nnc(-c2ccc(F)cc2)n1. The Morgan fingerprint density at radius 2 is 2.00 bits per heavy atom. The summed E-state index contributed by atoms with van der Waals surface area (Å²) in [4.78, 5) is 24.7. The average Bonchev–Trinajstić information content (AvgIpc) is 3.01. The van der Waals surface area contributed by atoms with Gasteiger partial charge < -0.3 is 10.6 Å². The lowest BCUT2D eigenvalue weighted by Gasteiger charge is -2.13. The van der Waals surface area contributed by atoms with Crippen LogP contribution in [-0.2, 0) is 16.1 Å². The van der Waals surface area contributed by atoms with Gasteiger partial charge in [0.25, 0.3) is 0 Å². The second kappa shape index (κ2) is 8.14. The number of carbonyl (C=O) groups is 2. The minimum absolute atomic E-state index is 0.167. The molecule has 8 nitrogen and oxygen atoms in total. The van der Waals surface area contributed by atoms with Crippen LogP contribution in [0.3, 0.4) is 0 Å². The number of aromatic nitrogens is 4. The molecule has 9 heteroatoms. The molecule has 0 fully saturated rings. The van der Waals surface area contributed by atoms with E-state index in [9.17, 15) is 14.0 Å². The van der Waals surface area contributed by atoms with Crippen molar-refractivity contribution < 1.29 is 14.0 Å². The van der Waals surface area contributed by atoms with Crippen molar-refractivity contribution in [1.82, 2.24) is 30.8 Å². The minimum atomic E-state index is -0.649. The van der Waals surface area contributed by atoms with Gasteiger partial charge >= 0.3 is 0 Å². The Morgan fingerprint density at radius 3 is 2.67 bits per heavy atom. The number of hydrogen-bond acceptors (Lipinski definition) is 5. The normalized spacial score (nSPS) is 11.8. The minimum Gasteiger partial charge on any atom is -0.354 e. The van der Waals surface area contributed by atoms with Gasteiger partial charge in [-0.15, -0.1) is 10.2 Å². The molecule has 24 heavy (non-hydrogen) atoms. The Morgan fingerprint density at radius 1 is 1.29 bits per heavy atom. The fourth-order valence-corrected chi connectivity index (χ4v) is 1.91. The molecule has 1 atom stereocenters. The monoisotopic (exact) mass is 334 g/mol. The first kappa shape index (κ1) is 17.5. The van der Waals surface area contributed by atoms with Gasteiger partial charge in [0, 0.05) is 12.1 Å². The number of hydrogen-bond donors (Lipinski definition) is 2. The molecule has 1 heterocycles. The number of tetrazole rings is 1. The third-order valence-electron chi connectivity index (χ3n) is 3.16. The van der Waals surface area contributed by atoms with E-state index in [1.165, 1.54) is 24.3 Å². The topological polar surface area (TPSA) is 102 Å². The highest BCUT2D eigenvalue weighted by Crippen LogP contribution is 2.13. The summed E-state index contributed by atoms with van der Waals surface area (Å²) in [5.41, 5.74) is 0.593. The van der Waals surface area contributed by atoms with Crippen LogP contribution in [0.2, 0.25) is 0 Å². The highest BCUT2D eigenvalue weighted by Gasteiger charge is 2.16. The van der Waals surface area contributed by atoms with E-state index in [4.69, 9.17) is 0 Å². The third kappa shape index (κ3) is 4.83. The molecule has 0 aliphatic heterocycles. The largest absolute Gasteiger partial charge is 0.354 e. The fraction of sp³-hybridized carbons (Fsp3) is 0.400. The Kier molecular flexibility index (Phi) is 5.94. The molecule has 0 aliphatic carbocycles. The van der Waals surface area contributed by atoms with Gasteiger partial charge in [0.15, 0.2) is 0 Å². The van der Waals surface area contributed by atoms with E-state index in [0.717, 1.165) is 11.2 Å². The van der Waals surface area contributed by atoms with E-state index in [2.05, 4.69) is 26.0 Å². The van der Waals surface area contributed by atoms with Crippen molar-refractivity contribution in [3.63, 3.8) is 0 Å². The summed E-state index contributed by atoms with van der Waals surface area (Å²) >= 11 is 0.